The second-order valence-electron chi connectivity index (χ2n) is 8.34. The third-order valence-corrected chi connectivity index (χ3v) is 4.75. The van der Waals surface area contributed by atoms with Crippen LogP contribution in [0.1, 0.15) is 40.2 Å². The van der Waals surface area contributed by atoms with Crippen LogP contribution >= 0.6 is 0 Å². The summed E-state index contributed by atoms with van der Waals surface area (Å²) in [5.41, 5.74) is -1.08. The Labute approximate surface area is 170 Å². The molecule has 9 heteroatoms. The van der Waals surface area contributed by atoms with Crippen molar-refractivity contribution in [3.05, 3.63) is 39.9 Å². The third kappa shape index (κ3) is 4.90. The van der Waals surface area contributed by atoms with Crippen LogP contribution in [0.15, 0.2) is 24.3 Å². The number of benzene rings is 1. The fourth-order valence-corrected chi connectivity index (χ4v) is 3.35. The maximum atomic E-state index is 13.0. The van der Waals surface area contributed by atoms with Gasteiger partial charge in [0.1, 0.15) is 12.1 Å². The number of rotatable bonds is 8. The number of carbonyl (C=O) groups excluding carboxylic acids is 3. The smallest absolute Gasteiger partial charge is 0.325 e. The maximum absolute atomic E-state index is 13.0. The van der Waals surface area contributed by atoms with E-state index in [4.69, 9.17) is 0 Å². The van der Waals surface area contributed by atoms with Crippen molar-refractivity contribution >= 4 is 23.5 Å². The molecule has 29 heavy (non-hydrogen) atoms. The van der Waals surface area contributed by atoms with Crippen molar-refractivity contribution in [3.63, 3.8) is 0 Å². The van der Waals surface area contributed by atoms with E-state index in [0.29, 0.717) is 18.7 Å². The molecule has 1 heterocycles. The summed E-state index contributed by atoms with van der Waals surface area (Å²) in [6.45, 7) is 10.3. The molecule has 1 N–H and O–H groups in total. The minimum Gasteiger partial charge on any atom is -0.341 e. The van der Waals surface area contributed by atoms with Crippen molar-refractivity contribution in [2.45, 2.75) is 40.2 Å². The highest BCUT2D eigenvalue weighted by molar-refractivity contribution is 6.09. The number of urea groups is 1. The number of nitro benzene ring substituents is 1. The van der Waals surface area contributed by atoms with Crippen LogP contribution in [0.25, 0.3) is 0 Å². The number of non-ortho nitro benzene ring substituents is 1. The SMILES string of the molecule is CC(C)CN(CC(C)C)C(=O)CN1C(=O)NC(C)(c2ccc([N+](=O)[O-])cc2)C1=O. The number of nitrogens with zero attached hydrogens (tertiary/aromatic N) is 3. The van der Waals surface area contributed by atoms with Gasteiger partial charge in [-0.2, -0.15) is 0 Å². The first-order valence-electron chi connectivity index (χ1n) is 9.62. The minimum atomic E-state index is -1.38. The van der Waals surface area contributed by atoms with Crippen molar-refractivity contribution in [2.75, 3.05) is 19.6 Å². The maximum Gasteiger partial charge on any atom is 0.325 e. The molecule has 0 aromatic heterocycles. The number of carbonyl (C=O) groups is 3. The number of imide groups is 1. The molecule has 4 amide bonds. The third-order valence-electron chi connectivity index (χ3n) is 4.75. The van der Waals surface area contributed by atoms with Gasteiger partial charge in [0.2, 0.25) is 5.91 Å². The second kappa shape index (κ2) is 8.59. The van der Waals surface area contributed by atoms with Gasteiger partial charge in [0.25, 0.3) is 11.6 Å². The van der Waals surface area contributed by atoms with Crippen LogP contribution in [0.5, 0.6) is 0 Å². The molecule has 1 unspecified atom stereocenters. The van der Waals surface area contributed by atoms with Crippen LogP contribution in [-0.2, 0) is 15.1 Å². The average Bonchev–Trinajstić information content (AvgIpc) is 2.84. The van der Waals surface area contributed by atoms with Crippen molar-refractivity contribution in [1.29, 1.82) is 0 Å². The van der Waals surface area contributed by atoms with Gasteiger partial charge in [0, 0.05) is 25.2 Å². The summed E-state index contributed by atoms with van der Waals surface area (Å²) in [7, 11) is 0. The molecule has 0 spiro atoms. The Bertz CT molecular complexity index is 796. The van der Waals surface area contributed by atoms with E-state index in [9.17, 15) is 24.5 Å². The Balaban J connectivity index is 2.20. The first-order chi connectivity index (χ1) is 13.5. The van der Waals surface area contributed by atoms with Gasteiger partial charge < -0.3 is 10.2 Å². The van der Waals surface area contributed by atoms with Gasteiger partial charge in [0.15, 0.2) is 0 Å². The van der Waals surface area contributed by atoms with E-state index >= 15 is 0 Å². The Hall–Kier alpha value is -2.97. The molecule has 1 atom stereocenters. The van der Waals surface area contributed by atoms with Gasteiger partial charge in [-0.15, -0.1) is 0 Å². The molecule has 1 aromatic carbocycles. The van der Waals surface area contributed by atoms with Gasteiger partial charge in [-0.1, -0.05) is 27.7 Å². The molecule has 1 saturated heterocycles. The summed E-state index contributed by atoms with van der Waals surface area (Å²) in [6.07, 6.45) is 0. The van der Waals surface area contributed by atoms with Gasteiger partial charge in [-0.3, -0.25) is 24.6 Å². The number of nitrogens with one attached hydrogen (secondary N) is 1. The van der Waals surface area contributed by atoms with E-state index in [2.05, 4.69) is 5.32 Å². The lowest BCUT2D eigenvalue weighted by molar-refractivity contribution is -0.384. The van der Waals surface area contributed by atoms with Crippen molar-refractivity contribution < 1.29 is 19.3 Å². The van der Waals surface area contributed by atoms with E-state index in [1.807, 2.05) is 27.7 Å². The molecule has 1 fully saturated rings. The lowest BCUT2D eigenvalue weighted by Crippen LogP contribution is -2.46. The van der Waals surface area contributed by atoms with Crippen LogP contribution in [-0.4, -0.2) is 52.2 Å². The lowest BCUT2D eigenvalue weighted by Gasteiger charge is -2.28. The van der Waals surface area contributed by atoms with Crippen LogP contribution in [0.4, 0.5) is 10.5 Å². The van der Waals surface area contributed by atoms with Crippen molar-refractivity contribution in [2.24, 2.45) is 11.8 Å². The highest BCUT2D eigenvalue weighted by atomic mass is 16.6. The molecular formula is C20H28N4O5. The van der Waals surface area contributed by atoms with Crippen LogP contribution < -0.4 is 5.32 Å². The highest BCUT2D eigenvalue weighted by Crippen LogP contribution is 2.30. The molecule has 0 saturated carbocycles. The highest BCUT2D eigenvalue weighted by Gasteiger charge is 2.49. The molecule has 1 aromatic rings. The zero-order valence-electron chi connectivity index (χ0n) is 17.5. The summed E-state index contributed by atoms with van der Waals surface area (Å²) in [4.78, 5) is 51.2. The topological polar surface area (TPSA) is 113 Å². The van der Waals surface area contributed by atoms with Crippen LogP contribution in [0.2, 0.25) is 0 Å². The normalized spacial score (nSPS) is 19.1. The molecule has 1 aliphatic rings. The summed E-state index contributed by atoms with van der Waals surface area (Å²) >= 11 is 0. The summed E-state index contributed by atoms with van der Waals surface area (Å²) in [6, 6.07) is 4.77. The molecule has 158 valence electrons. The van der Waals surface area contributed by atoms with E-state index in [-0.39, 0.29) is 30.0 Å². The van der Waals surface area contributed by atoms with E-state index in [1.54, 1.807) is 4.90 Å². The standard InChI is InChI=1S/C20H28N4O5/c1-13(2)10-22(11-14(3)4)17(25)12-23-18(26)20(5,21-19(23)27)15-6-8-16(9-7-15)24(28)29/h6-9,13-14H,10-12H2,1-5H3,(H,21,27). The summed E-state index contributed by atoms with van der Waals surface area (Å²) < 4.78 is 0. The fraction of sp³-hybridized carbons (Fsp3) is 0.550. The Morgan fingerprint density at radius 2 is 1.66 bits per heavy atom. The van der Waals surface area contributed by atoms with Gasteiger partial charge in [-0.25, -0.2) is 4.79 Å². The zero-order chi connectivity index (χ0) is 21.9. The predicted molar refractivity (Wildman–Crippen MR) is 107 cm³/mol. The first kappa shape index (κ1) is 22.3. The number of amides is 4. The van der Waals surface area contributed by atoms with E-state index < -0.39 is 22.4 Å². The first-order valence-corrected chi connectivity index (χ1v) is 9.62. The van der Waals surface area contributed by atoms with Crippen molar-refractivity contribution in [3.8, 4) is 0 Å². The van der Waals surface area contributed by atoms with Gasteiger partial charge in [0.05, 0.1) is 4.92 Å². The van der Waals surface area contributed by atoms with E-state index in [1.165, 1.54) is 31.2 Å². The summed E-state index contributed by atoms with van der Waals surface area (Å²) in [5, 5.41) is 13.5. The van der Waals surface area contributed by atoms with E-state index in [0.717, 1.165) is 4.90 Å². The van der Waals surface area contributed by atoms with Gasteiger partial charge in [-0.05, 0) is 36.5 Å². The monoisotopic (exact) mass is 404 g/mol. The Morgan fingerprint density at radius 3 is 2.10 bits per heavy atom. The minimum absolute atomic E-state index is 0.112. The Morgan fingerprint density at radius 1 is 1.14 bits per heavy atom. The molecular weight excluding hydrogens is 376 g/mol. The quantitative estimate of drug-likeness (QED) is 0.406. The zero-order valence-corrected chi connectivity index (χ0v) is 17.5. The van der Waals surface area contributed by atoms with Crippen LogP contribution in [0.3, 0.4) is 0 Å². The second-order valence-corrected chi connectivity index (χ2v) is 8.34. The van der Waals surface area contributed by atoms with Crippen molar-refractivity contribution in [1.82, 2.24) is 15.1 Å². The van der Waals surface area contributed by atoms with Crippen LogP contribution in [0, 0.1) is 22.0 Å². The summed E-state index contributed by atoms with van der Waals surface area (Å²) in [5.74, 6) is -0.333. The average molecular weight is 404 g/mol. The molecule has 0 radical (unpaired) electrons. The largest absolute Gasteiger partial charge is 0.341 e. The molecule has 0 aliphatic carbocycles. The number of hydrogen-bond donors (Lipinski definition) is 1. The molecule has 2 rings (SSSR count). The molecule has 9 nitrogen and oxygen atoms in total. The van der Waals surface area contributed by atoms with Gasteiger partial charge >= 0.3 is 6.03 Å². The number of hydrogen-bond acceptors (Lipinski definition) is 5. The fourth-order valence-electron chi connectivity index (χ4n) is 3.35. The lowest BCUT2D eigenvalue weighted by atomic mass is 9.92. The molecule has 1 aliphatic heterocycles. The predicted octanol–water partition coefficient (Wildman–Crippen LogP) is 2.50. The Kier molecular flexibility index (Phi) is 6.61. The number of nitro groups is 1. The molecule has 0 bridgehead atoms.